The summed E-state index contributed by atoms with van der Waals surface area (Å²) in [6.45, 7) is 4.11. The Labute approximate surface area is 156 Å². The zero-order chi connectivity index (χ0) is 19.4. The van der Waals surface area contributed by atoms with Crippen molar-refractivity contribution in [2.45, 2.75) is 20.3 Å². The van der Waals surface area contributed by atoms with Gasteiger partial charge in [-0.15, -0.1) is 0 Å². The fourth-order valence-corrected chi connectivity index (χ4v) is 2.71. The summed E-state index contributed by atoms with van der Waals surface area (Å²) in [6.07, 6.45) is 2.40. The smallest absolute Gasteiger partial charge is 0.255 e. The van der Waals surface area contributed by atoms with Crippen LogP contribution in [-0.4, -0.2) is 10.9 Å². The van der Waals surface area contributed by atoms with Crippen molar-refractivity contribution in [3.63, 3.8) is 0 Å². The van der Waals surface area contributed by atoms with Crippen molar-refractivity contribution in [2.75, 3.05) is 10.6 Å². The van der Waals surface area contributed by atoms with Crippen LogP contribution in [0.1, 0.15) is 28.4 Å². The second-order valence-electron chi connectivity index (χ2n) is 6.10. The van der Waals surface area contributed by atoms with E-state index in [4.69, 9.17) is 0 Å². The van der Waals surface area contributed by atoms with Crippen molar-refractivity contribution in [3.05, 3.63) is 83.1 Å². The number of aryl methyl sites for hydroxylation is 2. The molecule has 138 valence electrons. The lowest BCUT2D eigenvalue weighted by Crippen LogP contribution is -2.12. The number of rotatable bonds is 5. The zero-order valence-electron chi connectivity index (χ0n) is 15.0. The fraction of sp³-hybridized carbons (Fsp3) is 0.143. The van der Waals surface area contributed by atoms with Crippen LogP contribution >= 0.6 is 0 Å². The van der Waals surface area contributed by atoms with Gasteiger partial charge in [0.1, 0.15) is 5.82 Å². The molecule has 2 aromatic carbocycles. The Morgan fingerprint density at radius 1 is 1.07 bits per heavy atom. The summed E-state index contributed by atoms with van der Waals surface area (Å²) in [7, 11) is 0. The van der Waals surface area contributed by atoms with Crippen molar-refractivity contribution >= 4 is 23.1 Å². The van der Waals surface area contributed by atoms with E-state index < -0.39 is 17.5 Å². The number of anilines is 3. The normalized spacial score (nSPS) is 10.5. The van der Waals surface area contributed by atoms with E-state index in [0.717, 1.165) is 29.8 Å². The van der Waals surface area contributed by atoms with E-state index in [0.29, 0.717) is 11.5 Å². The van der Waals surface area contributed by atoms with Gasteiger partial charge in [0.05, 0.1) is 11.9 Å². The van der Waals surface area contributed by atoms with E-state index in [1.807, 2.05) is 19.1 Å². The van der Waals surface area contributed by atoms with Crippen LogP contribution in [0.25, 0.3) is 0 Å². The second-order valence-corrected chi connectivity index (χ2v) is 6.10. The first-order valence-corrected chi connectivity index (χ1v) is 8.56. The Bertz CT molecular complexity index is 972. The number of halogens is 2. The van der Waals surface area contributed by atoms with Gasteiger partial charge in [0, 0.05) is 11.3 Å². The number of nitrogens with zero attached hydrogens (tertiary/aromatic N) is 1. The molecule has 0 fully saturated rings. The molecular formula is C21H19F2N3O. The Kier molecular flexibility index (Phi) is 5.45. The Morgan fingerprint density at radius 3 is 2.56 bits per heavy atom. The van der Waals surface area contributed by atoms with Crippen LogP contribution < -0.4 is 10.6 Å². The van der Waals surface area contributed by atoms with Crippen molar-refractivity contribution in [3.8, 4) is 0 Å². The predicted octanol–water partition coefficient (Wildman–Crippen LogP) is 5.23. The maximum atomic E-state index is 13.3. The van der Waals surface area contributed by atoms with Crippen LogP contribution in [0.5, 0.6) is 0 Å². The van der Waals surface area contributed by atoms with E-state index in [1.54, 1.807) is 12.1 Å². The average Bonchev–Trinajstić information content (AvgIpc) is 2.67. The summed E-state index contributed by atoms with van der Waals surface area (Å²) in [4.78, 5) is 16.4. The SMILES string of the molecule is CCc1cccc(C)c1Nc1ccc(NC(=O)c2ccc(F)c(F)c2)cn1. The highest BCUT2D eigenvalue weighted by Gasteiger charge is 2.11. The van der Waals surface area contributed by atoms with Gasteiger partial charge in [-0.05, 0) is 54.8 Å². The molecule has 0 radical (unpaired) electrons. The molecule has 0 aliphatic carbocycles. The maximum Gasteiger partial charge on any atom is 0.255 e. The molecule has 27 heavy (non-hydrogen) atoms. The lowest BCUT2D eigenvalue weighted by atomic mass is 10.1. The molecule has 6 heteroatoms. The van der Waals surface area contributed by atoms with E-state index in [1.165, 1.54) is 17.8 Å². The molecule has 2 N–H and O–H groups in total. The van der Waals surface area contributed by atoms with Gasteiger partial charge in [0.2, 0.25) is 0 Å². The second kappa shape index (κ2) is 7.95. The Balaban J connectivity index is 1.72. The zero-order valence-corrected chi connectivity index (χ0v) is 15.0. The number of carbonyl (C=O) groups is 1. The number of benzene rings is 2. The molecule has 0 aliphatic rings. The summed E-state index contributed by atoms with van der Waals surface area (Å²) >= 11 is 0. The molecule has 1 amide bonds. The average molecular weight is 367 g/mol. The van der Waals surface area contributed by atoms with Gasteiger partial charge in [0.25, 0.3) is 5.91 Å². The van der Waals surface area contributed by atoms with Gasteiger partial charge >= 0.3 is 0 Å². The fourth-order valence-electron chi connectivity index (χ4n) is 2.71. The van der Waals surface area contributed by atoms with Crippen LogP contribution in [0.2, 0.25) is 0 Å². The lowest BCUT2D eigenvalue weighted by molar-refractivity contribution is 0.102. The van der Waals surface area contributed by atoms with Gasteiger partial charge in [-0.2, -0.15) is 0 Å². The third-order valence-corrected chi connectivity index (χ3v) is 4.20. The largest absolute Gasteiger partial charge is 0.340 e. The molecule has 0 atom stereocenters. The molecule has 4 nitrogen and oxygen atoms in total. The number of carbonyl (C=O) groups excluding carboxylic acids is 1. The topological polar surface area (TPSA) is 54.0 Å². The molecule has 0 saturated carbocycles. The Morgan fingerprint density at radius 2 is 1.89 bits per heavy atom. The molecule has 0 bridgehead atoms. The molecule has 0 aliphatic heterocycles. The van der Waals surface area contributed by atoms with Crippen molar-refractivity contribution in [2.24, 2.45) is 0 Å². The number of nitrogens with one attached hydrogen (secondary N) is 2. The van der Waals surface area contributed by atoms with Crippen LogP contribution in [0.3, 0.4) is 0 Å². The van der Waals surface area contributed by atoms with E-state index in [-0.39, 0.29) is 5.56 Å². The van der Waals surface area contributed by atoms with Crippen molar-refractivity contribution < 1.29 is 13.6 Å². The number of amides is 1. The van der Waals surface area contributed by atoms with Gasteiger partial charge < -0.3 is 10.6 Å². The van der Waals surface area contributed by atoms with Crippen LogP contribution in [0.4, 0.5) is 26.0 Å². The number of hydrogen-bond donors (Lipinski definition) is 2. The third kappa shape index (κ3) is 4.28. The molecule has 0 spiro atoms. The first kappa shape index (κ1) is 18.5. The highest BCUT2D eigenvalue weighted by Crippen LogP contribution is 2.25. The minimum absolute atomic E-state index is 0.0311. The minimum atomic E-state index is -1.06. The molecule has 1 heterocycles. The summed E-state index contributed by atoms with van der Waals surface area (Å²) in [5.41, 5.74) is 3.81. The number of para-hydroxylation sites is 1. The summed E-state index contributed by atoms with van der Waals surface area (Å²) in [6, 6.07) is 12.5. The summed E-state index contributed by atoms with van der Waals surface area (Å²) < 4.78 is 26.2. The highest BCUT2D eigenvalue weighted by molar-refractivity contribution is 6.04. The van der Waals surface area contributed by atoms with Gasteiger partial charge in [-0.25, -0.2) is 13.8 Å². The van der Waals surface area contributed by atoms with Crippen molar-refractivity contribution in [1.82, 2.24) is 4.98 Å². The van der Waals surface area contributed by atoms with E-state index >= 15 is 0 Å². The maximum absolute atomic E-state index is 13.3. The third-order valence-electron chi connectivity index (χ3n) is 4.20. The summed E-state index contributed by atoms with van der Waals surface area (Å²) in [5.74, 6) is -1.95. The van der Waals surface area contributed by atoms with Gasteiger partial charge in [0.15, 0.2) is 11.6 Å². The van der Waals surface area contributed by atoms with Crippen molar-refractivity contribution in [1.29, 1.82) is 0 Å². The number of aromatic nitrogens is 1. The molecule has 3 rings (SSSR count). The van der Waals surface area contributed by atoms with Crippen LogP contribution in [-0.2, 0) is 6.42 Å². The number of hydrogen-bond acceptors (Lipinski definition) is 3. The molecule has 3 aromatic rings. The minimum Gasteiger partial charge on any atom is -0.340 e. The number of pyridine rings is 1. The monoisotopic (exact) mass is 367 g/mol. The molecule has 0 unspecified atom stereocenters. The first-order valence-electron chi connectivity index (χ1n) is 8.56. The summed E-state index contributed by atoms with van der Waals surface area (Å²) in [5, 5.41) is 5.91. The predicted molar refractivity (Wildman–Crippen MR) is 102 cm³/mol. The van der Waals surface area contributed by atoms with Gasteiger partial charge in [-0.1, -0.05) is 25.1 Å². The molecule has 0 saturated heterocycles. The first-order chi connectivity index (χ1) is 13.0. The quantitative estimate of drug-likeness (QED) is 0.649. The lowest BCUT2D eigenvalue weighted by Gasteiger charge is -2.14. The highest BCUT2D eigenvalue weighted by atomic mass is 19.2. The van der Waals surface area contributed by atoms with Gasteiger partial charge in [-0.3, -0.25) is 4.79 Å². The van der Waals surface area contributed by atoms with E-state index in [9.17, 15) is 13.6 Å². The van der Waals surface area contributed by atoms with Crippen LogP contribution in [0.15, 0.2) is 54.7 Å². The molecule has 1 aromatic heterocycles. The standard InChI is InChI=1S/C21H19F2N3O/c1-3-14-6-4-5-13(2)20(14)26-19-10-8-16(12-24-19)25-21(27)15-7-9-17(22)18(23)11-15/h4-12H,3H2,1-2H3,(H,24,26)(H,25,27). The molecular weight excluding hydrogens is 348 g/mol. The van der Waals surface area contributed by atoms with Crippen LogP contribution in [0, 0.1) is 18.6 Å². The Hall–Kier alpha value is -3.28. The van der Waals surface area contributed by atoms with E-state index in [2.05, 4.69) is 28.6 Å².